The molecular formula is C24H19FN2O4S. The summed E-state index contributed by atoms with van der Waals surface area (Å²) in [6.07, 6.45) is 1.14. The molecule has 6 nitrogen and oxygen atoms in total. The fourth-order valence-electron chi connectivity index (χ4n) is 3.47. The normalized spacial score (nSPS) is 11.4. The zero-order valence-electron chi connectivity index (χ0n) is 17.1. The van der Waals surface area contributed by atoms with Crippen LogP contribution in [0.15, 0.2) is 93.6 Å². The van der Waals surface area contributed by atoms with Crippen molar-refractivity contribution < 1.29 is 17.6 Å². The Morgan fingerprint density at radius 2 is 1.75 bits per heavy atom. The van der Waals surface area contributed by atoms with Crippen LogP contribution in [0.5, 0.6) is 0 Å². The first-order valence-corrected chi connectivity index (χ1v) is 11.2. The van der Waals surface area contributed by atoms with E-state index in [9.17, 15) is 22.4 Å². The van der Waals surface area contributed by atoms with Gasteiger partial charge < -0.3 is 9.88 Å². The zero-order chi connectivity index (χ0) is 22.9. The molecule has 0 saturated carbocycles. The Morgan fingerprint density at radius 1 is 1.00 bits per heavy atom. The van der Waals surface area contributed by atoms with E-state index in [1.807, 2.05) is 13.0 Å². The molecule has 0 saturated heterocycles. The molecule has 1 N–H and O–H groups in total. The van der Waals surface area contributed by atoms with Gasteiger partial charge in [-0.2, -0.15) is 0 Å². The summed E-state index contributed by atoms with van der Waals surface area (Å²) in [4.78, 5) is 25.1. The number of hydrogen-bond acceptors (Lipinski definition) is 4. The molecule has 3 aromatic carbocycles. The van der Waals surface area contributed by atoms with Gasteiger partial charge in [0, 0.05) is 17.3 Å². The number of nitrogens with zero attached hydrogens (tertiary/aromatic N) is 1. The van der Waals surface area contributed by atoms with Crippen LogP contribution in [0.2, 0.25) is 0 Å². The van der Waals surface area contributed by atoms with Gasteiger partial charge in [0.15, 0.2) is 0 Å². The second-order valence-electron chi connectivity index (χ2n) is 7.35. The summed E-state index contributed by atoms with van der Waals surface area (Å²) < 4.78 is 41.5. The fourth-order valence-corrected chi connectivity index (χ4v) is 4.86. The summed E-state index contributed by atoms with van der Waals surface area (Å²) >= 11 is 0. The van der Waals surface area contributed by atoms with Crippen LogP contribution in [0.1, 0.15) is 5.56 Å². The first-order valence-electron chi connectivity index (χ1n) is 9.75. The molecule has 8 heteroatoms. The highest BCUT2D eigenvalue weighted by atomic mass is 32.2. The molecule has 1 amide bonds. The van der Waals surface area contributed by atoms with Crippen LogP contribution in [0, 0.1) is 12.7 Å². The first-order chi connectivity index (χ1) is 15.3. The van der Waals surface area contributed by atoms with E-state index < -0.39 is 31.9 Å². The van der Waals surface area contributed by atoms with Gasteiger partial charge in [0.25, 0.3) is 0 Å². The Hall–Kier alpha value is -3.78. The smallest absolute Gasteiger partial charge is 0.244 e. The quantitative estimate of drug-likeness (QED) is 0.499. The third-order valence-electron chi connectivity index (χ3n) is 4.97. The highest BCUT2D eigenvalue weighted by molar-refractivity contribution is 7.91. The lowest BCUT2D eigenvalue weighted by atomic mass is 10.2. The van der Waals surface area contributed by atoms with Crippen LogP contribution in [0.4, 0.5) is 10.1 Å². The van der Waals surface area contributed by atoms with Gasteiger partial charge in [-0.25, -0.2) is 12.8 Å². The SMILES string of the molecule is Cc1cccc(NC(=O)Cn2cc(S(=O)(=O)c3ccccc3)c(=O)c3cc(F)ccc32)c1. The van der Waals surface area contributed by atoms with Gasteiger partial charge in [-0.3, -0.25) is 9.59 Å². The van der Waals surface area contributed by atoms with Crippen molar-refractivity contribution in [1.82, 2.24) is 4.57 Å². The van der Waals surface area contributed by atoms with Crippen molar-refractivity contribution >= 4 is 32.3 Å². The predicted molar refractivity (Wildman–Crippen MR) is 120 cm³/mol. The lowest BCUT2D eigenvalue weighted by Gasteiger charge is -2.14. The van der Waals surface area contributed by atoms with Crippen molar-refractivity contribution in [2.75, 3.05) is 5.32 Å². The molecule has 1 heterocycles. The molecule has 4 rings (SSSR count). The standard InChI is InChI=1S/C24H19FN2O4S/c1-16-6-5-7-18(12-16)26-23(28)15-27-14-22(32(30,31)19-8-3-2-4-9-19)24(29)20-13-17(25)10-11-21(20)27/h2-14H,15H2,1H3,(H,26,28). The number of aryl methyl sites for hydroxylation is 1. The Morgan fingerprint density at radius 3 is 2.47 bits per heavy atom. The number of amides is 1. The Balaban J connectivity index is 1.83. The van der Waals surface area contributed by atoms with Gasteiger partial charge in [-0.15, -0.1) is 0 Å². The van der Waals surface area contributed by atoms with Gasteiger partial charge >= 0.3 is 0 Å². The number of aromatic nitrogens is 1. The summed E-state index contributed by atoms with van der Waals surface area (Å²) in [5, 5.41) is 2.63. The van der Waals surface area contributed by atoms with Crippen LogP contribution >= 0.6 is 0 Å². The second kappa shape index (κ2) is 8.39. The average molecular weight is 450 g/mol. The molecule has 1 aromatic heterocycles. The van der Waals surface area contributed by atoms with E-state index in [2.05, 4.69) is 5.32 Å². The molecule has 0 bridgehead atoms. The van der Waals surface area contributed by atoms with E-state index in [4.69, 9.17) is 0 Å². The average Bonchev–Trinajstić information content (AvgIpc) is 2.76. The number of anilines is 1. The van der Waals surface area contributed by atoms with Crippen molar-refractivity contribution in [3.63, 3.8) is 0 Å². The van der Waals surface area contributed by atoms with Crippen LogP contribution < -0.4 is 10.7 Å². The molecule has 0 fully saturated rings. The van der Waals surface area contributed by atoms with Crippen LogP contribution in [0.25, 0.3) is 10.9 Å². The van der Waals surface area contributed by atoms with Crippen LogP contribution in [0.3, 0.4) is 0 Å². The Bertz CT molecular complexity index is 1500. The molecule has 0 aliphatic rings. The van der Waals surface area contributed by atoms with Gasteiger partial charge in [0.1, 0.15) is 17.3 Å². The third kappa shape index (κ3) is 4.17. The molecular weight excluding hydrogens is 431 g/mol. The Labute approximate surface area is 183 Å². The molecule has 162 valence electrons. The molecule has 32 heavy (non-hydrogen) atoms. The van der Waals surface area contributed by atoms with Crippen LogP contribution in [-0.4, -0.2) is 18.9 Å². The fraction of sp³-hybridized carbons (Fsp3) is 0.0833. The molecule has 0 unspecified atom stereocenters. The number of carbonyl (C=O) groups is 1. The highest BCUT2D eigenvalue weighted by Gasteiger charge is 2.24. The maximum absolute atomic E-state index is 13.9. The van der Waals surface area contributed by atoms with E-state index in [1.165, 1.54) is 22.8 Å². The minimum Gasteiger partial charge on any atom is -0.336 e. The summed E-state index contributed by atoms with van der Waals surface area (Å²) in [5.74, 6) is -1.10. The summed E-state index contributed by atoms with van der Waals surface area (Å²) in [6, 6.07) is 18.2. The largest absolute Gasteiger partial charge is 0.336 e. The lowest BCUT2D eigenvalue weighted by molar-refractivity contribution is -0.116. The summed E-state index contributed by atoms with van der Waals surface area (Å²) in [7, 11) is -4.18. The monoisotopic (exact) mass is 450 g/mol. The minimum absolute atomic E-state index is 0.0661. The minimum atomic E-state index is -4.18. The number of sulfone groups is 1. The lowest BCUT2D eigenvalue weighted by Crippen LogP contribution is -2.24. The number of nitrogens with one attached hydrogen (secondary N) is 1. The van der Waals surface area contributed by atoms with E-state index in [0.29, 0.717) is 5.69 Å². The zero-order valence-corrected chi connectivity index (χ0v) is 17.9. The summed E-state index contributed by atoms with van der Waals surface area (Å²) in [5.41, 5.74) is 0.980. The number of rotatable bonds is 5. The number of halogens is 1. The molecule has 0 aliphatic heterocycles. The topological polar surface area (TPSA) is 85.2 Å². The second-order valence-corrected chi connectivity index (χ2v) is 9.26. The molecule has 0 aliphatic carbocycles. The van der Waals surface area contributed by atoms with Crippen molar-refractivity contribution in [2.24, 2.45) is 0 Å². The molecule has 4 aromatic rings. The van der Waals surface area contributed by atoms with Crippen molar-refractivity contribution in [1.29, 1.82) is 0 Å². The van der Waals surface area contributed by atoms with E-state index in [1.54, 1.807) is 36.4 Å². The maximum atomic E-state index is 13.9. The number of pyridine rings is 1. The van der Waals surface area contributed by atoms with Gasteiger partial charge in [0.05, 0.1) is 10.4 Å². The van der Waals surface area contributed by atoms with Crippen molar-refractivity contribution in [3.05, 3.63) is 101 Å². The van der Waals surface area contributed by atoms with E-state index >= 15 is 0 Å². The number of benzene rings is 3. The van der Waals surface area contributed by atoms with Gasteiger partial charge in [-0.05, 0) is 55.0 Å². The number of hydrogen-bond donors (Lipinski definition) is 1. The molecule has 0 atom stereocenters. The highest BCUT2D eigenvalue weighted by Crippen LogP contribution is 2.22. The van der Waals surface area contributed by atoms with Crippen molar-refractivity contribution in [3.8, 4) is 0 Å². The summed E-state index contributed by atoms with van der Waals surface area (Å²) in [6.45, 7) is 1.62. The van der Waals surface area contributed by atoms with Crippen molar-refractivity contribution in [2.45, 2.75) is 23.3 Å². The Kier molecular flexibility index (Phi) is 5.63. The molecule has 0 radical (unpaired) electrons. The van der Waals surface area contributed by atoms with Crippen LogP contribution in [-0.2, 0) is 21.2 Å². The van der Waals surface area contributed by atoms with Gasteiger partial charge in [0.2, 0.25) is 21.2 Å². The number of fused-ring (bicyclic) bond motifs is 1. The maximum Gasteiger partial charge on any atom is 0.244 e. The first kappa shape index (κ1) is 21.5. The molecule has 0 spiro atoms. The third-order valence-corrected chi connectivity index (χ3v) is 6.73. The van der Waals surface area contributed by atoms with Gasteiger partial charge in [-0.1, -0.05) is 30.3 Å². The predicted octanol–water partition coefficient (Wildman–Crippen LogP) is 3.92. The van der Waals surface area contributed by atoms with E-state index in [-0.39, 0.29) is 22.3 Å². The van der Waals surface area contributed by atoms with E-state index in [0.717, 1.165) is 23.9 Å². The number of carbonyl (C=O) groups excluding carboxylic acids is 1.